The molecule has 4 rings (SSSR count). The second kappa shape index (κ2) is 12.6. The van der Waals surface area contributed by atoms with Crippen molar-refractivity contribution in [2.45, 2.75) is 51.9 Å². The quantitative estimate of drug-likeness (QED) is 0.205. The van der Waals surface area contributed by atoms with Crippen LogP contribution in [0.1, 0.15) is 51.9 Å². The Kier molecular flexibility index (Phi) is 8.78. The molecule has 3 aromatic heterocycles. The van der Waals surface area contributed by atoms with E-state index in [-0.39, 0.29) is 0 Å². The van der Waals surface area contributed by atoms with Crippen LogP contribution in [0.3, 0.4) is 0 Å². The van der Waals surface area contributed by atoms with E-state index in [0.29, 0.717) is 0 Å². The standard InChI is InChI=1S/C30H33N3O/c1-2-3-4-5-6-7-8-21-34-28-11-9-24(10-12-28)27-22-29(25-13-17-31-18-14-25)33-30(23-27)26-15-19-32-20-16-26/h9-20,22-23H,2-8,21H2,1H3. The van der Waals surface area contributed by atoms with Crippen LogP contribution in [0.15, 0.2) is 85.5 Å². The van der Waals surface area contributed by atoms with Crippen molar-refractivity contribution in [3.8, 4) is 39.4 Å². The number of nitrogens with zero attached hydrogens (tertiary/aromatic N) is 3. The van der Waals surface area contributed by atoms with Crippen molar-refractivity contribution in [2.24, 2.45) is 0 Å². The lowest BCUT2D eigenvalue weighted by Crippen LogP contribution is -1.97. The van der Waals surface area contributed by atoms with Gasteiger partial charge in [0.15, 0.2) is 0 Å². The highest BCUT2D eigenvalue weighted by atomic mass is 16.5. The van der Waals surface area contributed by atoms with Gasteiger partial charge in [-0.15, -0.1) is 0 Å². The van der Waals surface area contributed by atoms with E-state index in [0.717, 1.165) is 52.4 Å². The summed E-state index contributed by atoms with van der Waals surface area (Å²) < 4.78 is 5.98. The number of benzene rings is 1. The Bertz CT molecular complexity index is 1070. The Morgan fingerprint density at radius 2 is 1.09 bits per heavy atom. The number of rotatable bonds is 12. The van der Waals surface area contributed by atoms with E-state index in [2.05, 4.69) is 53.3 Å². The van der Waals surface area contributed by atoms with Crippen LogP contribution in [0.25, 0.3) is 33.6 Å². The predicted molar refractivity (Wildman–Crippen MR) is 140 cm³/mol. The molecular weight excluding hydrogens is 418 g/mol. The topological polar surface area (TPSA) is 47.9 Å². The van der Waals surface area contributed by atoms with Gasteiger partial charge < -0.3 is 4.74 Å². The van der Waals surface area contributed by atoms with Gasteiger partial charge in [-0.1, -0.05) is 57.6 Å². The third kappa shape index (κ3) is 6.74. The zero-order valence-corrected chi connectivity index (χ0v) is 20.0. The van der Waals surface area contributed by atoms with Crippen molar-refractivity contribution in [3.05, 3.63) is 85.5 Å². The summed E-state index contributed by atoms with van der Waals surface area (Å²) in [5.41, 5.74) is 6.18. The molecule has 0 saturated carbocycles. The molecule has 1 aromatic carbocycles. The highest BCUT2D eigenvalue weighted by molar-refractivity contribution is 5.76. The largest absolute Gasteiger partial charge is 0.494 e. The van der Waals surface area contributed by atoms with E-state index in [4.69, 9.17) is 9.72 Å². The molecule has 0 spiro atoms. The molecule has 0 N–H and O–H groups in total. The second-order valence-electron chi connectivity index (χ2n) is 8.59. The maximum Gasteiger partial charge on any atom is 0.119 e. The molecule has 0 radical (unpaired) electrons. The smallest absolute Gasteiger partial charge is 0.119 e. The highest BCUT2D eigenvalue weighted by Gasteiger charge is 2.09. The third-order valence-corrected chi connectivity index (χ3v) is 5.98. The normalized spacial score (nSPS) is 10.9. The van der Waals surface area contributed by atoms with Crippen LogP contribution >= 0.6 is 0 Å². The molecule has 4 heteroatoms. The van der Waals surface area contributed by atoms with Crippen molar-refractivity contribution in [2.75, 3.05) is 6.61 Å². The van der Waals surface area contributed by atoms with E-state index in [1.165, 1.54) is 38.5 Å². The summed E-state index contributed by atoms with van der Waals surface area (Å²) in [4.78, 5) is 13.2. The van der Waals surface area contributed by atoms with Gasteiger partial charge in [-0.2, -0.15) is 0 Å². The molecule has 0 atom stereocenters. The zero-order valence-electron chi connectivity index (χ0n) is 20.0. The fourth-order valence-corrected chi connectivity index (χ4v) is 4.03. The molecule has 0 bridgehead atoms. The lowest BCUT2D eigenvalue weighted by atomic mass is 10.0. The third-order valence-electron chi connectivity index (χ3n) is 5.98. The molecule has 0 amide bonds. The number of hydrogen-bond acceptors (Lipinski definition) is 4. The van der Waals surface area contributed by atoms with Gasteiger partial charge in [-0.25, -0.2) is 4.98 Å². The molecule has 0 saturated heterocycles. The fourth-order valence-electron chi connectivity index (χ4n) is 4.03. The molecule has 174 valence electrons. The summed E-state index contributed by atoms with van der Waals surface area (Å²) >= 11 is 0. The molecular formula is C30H33N3O. The minimum Gasteiger partial charge on any atom is -0.494 e. The Hall–Kier alpha value is -3.53. The minimum absolute atomic E-state index is 0.779. The first kappa shape index (κ1) is 23.6. The van der Waals surface area contributed by atoms with E-state index in [9.17, 15) is 0 Å². The van der Waals surface area contributed by atoms with Crippen molar-refractivity contribution >= 4 is 0 Å². The van der Waals surface area contributed by atoms with Crippen LogP contribution in [0.2, 0.25) is 0 Å². The Labute approximate surface area is 203 Å². The van der Waals surface area contributed by atoms with E-state index in [1.54, 1.807) is 24.8 Å². The first-order chi connectivity index (χ1) is 16.8. The lowest BCUT2D eigenvalue weighted by molar-refractivity contribution is 0.304. The van der Waals surface area contributed by atoms with E-state index < -0.39 is 0 Å². The van der Waals surface area contributed by atoms with E-state index in [1.807, 2.05) is 24.3 Å². The van der Waals surface area contributed by atoms with Crippen LogP contribution in [0, 0.1) is 0 Å². The number of ether oxygens (including phenoxy) is 1. The van der Waals surface area contributed by atoms with Crippen molar-refractivity contribution in [1.29, 1.82) is 0 Å². The SMILES string of the molecule is CCCCCCCCCOc1ccc(-c2cc(-c3ccncc3)nc(-c3ccncc3)c2)cc1. The van der Waals surface area contributed by atoms with Crippen molar-refractivity contribution in [1.82, 2.24) is 15.0 Å². The molecule has 4 aromatic rings. The van der Waals surface area contributed by atoms with Gasteiger partial charge in [-0.3, -0.25) is 9.97 Å². The van der Waals surface area contributed by atoms with Gasteiger partial charge in [0.05, 0.1) is 18.0 Å². The molecule has 0 fully saturated rings. The summed E-state index contributed by atoms with van der Waals surface area (Å²) in [6.45, 7) is 3.04. The maximum atomic E-state index is 5.98. The zero-order chi connectivity index (χ0) is 23.4. The van der Waals surface area contributed by atoms with Gasteiger partial charge in [0.25, 0.3) is 0 Å². The van der Waals surface area contributed by atoms with Crippen molar-refractivity contribution < 1.29 is 4.74 Å². The van der Waals surface area contributed by atoms with Crippen molar-refractivity contribution in [3.63, 3.8) is 0 Å². The first-order valence-electron chi connectivity index (χ1n) is 12.4. The fraction of sp³-hybridized carbons (Fsp3) is 0.300. The van der Waals surface area contributed by atoms with Gasteiger partial charge >= 0.3 is 0 Å². The summed E-state index contributed by atoms with van der Waals surface area (Å²) in [7, 11) is 0. The number of aromatic nitrogens is 3. The molecule has 0 aliphatic heterocycles. The van der Waals surface area contributed by atoms with Crippen LogP contribution in [-0.2, 0) is 0 Å². The van der Waals surface area contributed by atoms with Gasteiger partial charge in [0.2, 0.25) is 0 Å². The molecule has 34 heavy (non-hydrogen) atoms. The maximum absolute atomic E-state index is 5.98. The molecule has 4 nitrogen and oxygen atoms in total. The van der Waals surface area contributed by atoms with Gasteiger partial charge in [-0.05, 0) is 66.1 Å². The van der Waals surface area contributed by atoms with Gasteiger partial charge in [0, 0.05) is 35.9 Å². The first-order valence-corrected chi connectivity index (χ1v) is 12.4. The molecule has 0 unspecified atom stereocenters. The monoisotopic (exact) mass is 451 g/mol. The van der Waals surface area contributed by atoms with Crippen LogP contribution < -0.4 is 4.74 Å². The summed E-state index contributed by atoms with van der Waals surface area (Å²) in [6, 6.07) is 20.6. The predicted octanol–water partition coefficient (Wildman–Crippen LogP) is 8.00. The van der Waals surface area contributed by atoms with Crippen LogP contribution in [0.4, 0.5) is 0 Å². The summed E-state index contributed by atoms with van der Waals surface area (Å²) in [5, 5.41) is 0. The number of pyridine rings is 3. The summed E-state index contributed by atoms with van der Waals surface area (Å²) in [5.74, 6) is 0.924. The number of hydrogen-bond donors (Lipinski definition) is 0. The summed E-state index contributed by atoms with van der Waals surface area (Å²) in [6.07, 6.45) is 16.2. The van der Waals surface area contributed by atoms with E-state index >= 15 is 0 Å². The lowest BCUT2D eigenvalue weighted by Gasteiger charge is -2.11. The Balaban J connectivity index is 1.46. The van der Waals surface area contributed by atoms with Crippen LogP contribution in [0.5, 0.6) is 5.75 Å². The number of unbranched alkanes of at least 4 members (excludes halogenated alkanes) is 6. The Morgan fingerprint density at radius 3 is 1.65 bits per heavy atom. The highest BCUT2D eigenvalue weighted by Crippen LogP contribution is 2.30. The minimum atomic E-state index is 0.779. The second-order valence-corrected chi connectivity index (χ2v) is 8.59. The average molecular weight is 452 g/mol. The molecule has 0 aliphatic rings. The van der Waals surface area contributed by atoms with Crippen LogP contribution in [-0.4, -0.2) is 21.6 Å². The molecule has 3 heterocycles. The Morgan fingerprint density at radius 1 is 0.559 bits per heavy atom. The molecule has 0 aliphatic carbocycles. The van der Waals surface area contributed by atoms with Gasteiger partial charge in [0.1, 0.15) is 5.75 Å². The average Bonchev–Trinajstić information content (AvgIpc) is 2.91.